The third kappa shape index (κ3) is 3.87. The topological polar surface area (TPSA) is 102 Å². The van der Waals surface area contributed by atoms with Crippen LogP contribution in [0.1, 0.15) is 19.3 Å². The molecule has 7 nitrogen and oxygen atoms in total. The van der Waals surface area contributed by atoms with Gasteiger partial charge in [-0.05, 0) is 25.8 Å². The van der Waals surface area contributed by atoms with Crippen molar-refractivity contribution in [1.29, 1.82) is 0 Å². The second-order valence-electron chi connectivity index (χ2n) is 4.41. The summed E-state index contributed by atoms with van der Waals surface area (Å²) in [6, 6.07) is 0. The molecule has 2 aromatic heterocycles. The lowest BCUT2D eigenvalue weighted by atomic mass is 10.2. The molecule has 0 bridgehead atoms. The fourth-order valence-corrected chi connectivity index (χ4v) is 1.90. The minimum atomic E-state index is 0.270. The molecule has 0 aromatic carbocycles. The van der Waals surface area contributed by atoms with Crippen LogP contribution in [0.15, 0.2) is 12.5 Å². The first-order valence-electron chi connectivity index (χ1n) is 6.56. The Bertz CT molecular complexity index is 512. The fourth-order valence-electron chi connectivity index (χ4n) is 1.90. The van der Waals surface area contributed by atoms with E-state index in [9.17, 15) is 0 Å². The molecular weight excluding hydrogens is 244 g/mol. The normalized spacial score (nSPS) is 11.2. The van der Waals surface area contributed by atoms with Gasteiger partial charge in [0, 0.05) is 19.7 Å². The summed E-state index contributed by atoms with van der Waals surface area (Å²) in [6.45, 7) is 2.90. The van der Waals surface area contributed by atoms with Crippen LogP contribution < -0.4 is 11.1 Å². The Morgan fingerprint density at radius 2 is 2.11 bits per heavy atom. The first-order chi connectivity index (χ1) is 9.31. The Hall–Kier alpha value is -1.73. The molecule has 0 aliphatic carbocycles. The number of aromatic nitrogens is 4. The summed E-state index contributed by atoms with van der Waals surface area (Å²) >= 11 is 0. The van der Waals surface area contributed by atoms with Gasteiger partial charge in [0.05, 0.1) is 12.5 Å². The van der Waals surface area contributed by atoms with E-state index in [1.54, 1.807) is 12.5 Å². The summed E-state index contributed by atoms with van der Waals surface area (Å²) in [5.41, 5.74) is 7.11. The van der Waals surface area contributed by atoms with Crippen molar-refractivity contribution in [2.75, 3.05) is 25.4 Å². The number of fused-ring (bicyclic) bond motifs is 1. The van der Waals surface area contributed by atoms with Gasteiger partial charge < -0.3 is 20.7 Å². The smallest absolute Gasteiger partial charge is 0.222 e. The van der Waals surface area contributed by atoms with Gasteiger partial charge in [0.1, 0.15) is 5.52 Å². The zero-order chi connectivity index (χ0) is 13.5. The minimum Gasteiger partial charge on any atom is -0.396 e. The molecule has 0 aliphatic heterocycles. The zero-order valence-electron chi connectivity index (χ0n) is 10.9. The van der Waals surface area contributed by atoms with Crippen molar-refractivity contribution in [2.45, 2.75) is 25.8 Å². The molecule has 0 atom stereocenters. The monoisotopic (exact) mass is 264 g/mol. The number of aliphatic hydroxyl groups excluding tert-OH is 1. The van der Waals surface area contributed by atoms with Gasteiger partial charge in [0.25, 0.3) is 0 Å². The fraction of sp³-hybridized carbons (Fsp3) is 0.583. The van der Waals surface area contributed by atoms with Crippen LogP contribution in [0.3, 0.4) is 0 Å². The summed E-state index contributed by atoms with van der Waals surface area (Å²) in [7, 11) is 0. The number of hydrogen-bond acceptors (Lipinski definition) is 6. The number of imidazole rings is 1. The van der Waals surface area contributed by atoms with Gasteiger partial charge in [-0.2, -0.15) is 4.98 Å². The summed E-state index contributed by atoms with van der Waals surface area (Å²) in [4.78, 5) is 12.3. The van der Waals surface area contributed by atoms with Crippen molar-refractivity contribution in [1.82, 2.24) is 24.8 Å². The number of hydrogen-bond donors (Lipinski definition) is 3. The summed E-state index contributed by atoms with van der Waals surface area (Å²) in [5, 5.41) is 12.0. The van der Waals surface area contributed by atoms with E-state index in [2.05, 4.69) is 20.3 Å². The van der Waals surface area contributed by atoms with Crippen LogP contribution in [0.2, 0.25) is 0 Å². The molecule has 0 aliphatic rings. The van der Waals surface area contributed by atoms with E-state index in [0.717, 1.165) is 50.1 Å². The highest BCUT2D eigenvalue weighted by Crippen LogP contribution is 2.09. The minimum absolute atomic E-state index is 0.270. The molecule has 2 heterocycles. The summed E-state index contributed by atoms with van der Waals surface area (Å²) < 4.78 is 1.97. The SMILES string of the molecule is Nc1ncc2ncn(CCNCCCCCO)c2n1. The number of nitrogens with one attached hydrogen (secondary N) is 1. The van der Waals surface area contributed by atoms with E-state index in [1.807, 2.05) is 4.57 Å². The third-order valence-electron chi connectivity index (χ3n) is 2.92. The largest absolute Gasteiger partial charge is 0.396 e. The van der Waals surface area contributed by atoms with Gasteiger partial charge in [0.2, 0.25) is 5.95 Å². The Balaban J connectivity index is 1.77. The number of nitrogens with zero attached hydrogens (tertiary/aromatic N) is 4. The highest BCUT2D eigenvalue weighted by Gasteiger charge is 2.04. The Kier molecular flexibility index (Phi) is 5.05. The van der Waals surface area contributed by atoms with Crippen LogP contribution in [0.5, 0.6) is 0 Å². The average Bonchev–Trinajstić information content (AvgIpc) is 2.80. The van der Waals surface area contributed by atoms with E-state index in [4.69, 9.17) is 10.8 Å². The molecule has 0 unspecified atom stereocenters. The molecular formula is C12H20N6O. The predicted octanol–water partition coefficient (Wildman–Crippen LogP) is 0.161. The predicted molar refractivity (Wildman–Crippen MR) is 73.5 cm³/mol. The van der Waals surface area contributed by atoms with Gasteiger partial charge in [0.15, 0.2) is 5.65 Å². The number of nitrogen functional groups attached to an aromatic ring is 1. The number of nitrogens with two attached hydrogens (primary N) is 1. The highest BCUT2D eigenvalue weighted by molar-refractivity contribution is 5.70. The standard InChI is InChI=1S/C12H20N6O/c13-12-15-8-10-11(17-12)18(9-16-10)6-5-14-4-2-1-3-7-19/h8-9,14,19H,1-7H2,(H2,13,15,17). The molecule has 4 N–H and O–H groups in total. The van der Waals surface area contributed by atoms with Gasteiger partial charge in [-0.3, -0.25) is 0 Å². The first-order valence-corrected chi connectivity index (χ1v) is 6.56. The van der Waals surface area contributed by atoms with Crippen molar-refractivity contribution in [3.05, 3.63) is 12.5 Å². The van der Waals surface area contributed by atoms with Gasteiger partial charge in [-0.15, -0.1) is 0 Å². The van der Waals surface area contributed by atoms with Crippen molar-refractivity contribution < 1.29 is 5.11 Å². The lowest BCUT2D eigenvalue weighted by molar-refractivity contribution is 0.283. The molecule has 0 saturated carbocycles. The molecule has 2 rings (SSSR count). The third-order valence-corrected chi connectivity index (χ3v) is 2.92. The van der Waals surface area contributed by atoms with E-state index in [0.29, 0.717) is 0 Å². The maximum atomic E-state index is 8.66. The second kappa shape index (κ2) is 7.01. The second-order valence-corrected chi connectivity index (χ2v) is 4.41. The number of rotatable bonds is 8. The van der Waals surface area contributed by atoms with E-state index >= 15 is 0 Å². The first kappa shape index (κ1) is 13.7. The molecule has 0 spiro atoms. The summed E-state index contributed by atoms with van der Waals surface area (Å²) in [5.74, 6) is 0.270. The molecule has 19 heavy (non-hydrogen) atoms. The lowest BCUT2D eigenvalue weighted by Gasteiger charge is -2.06. The van der Waals surface area contributed by atoms with Gasteiger partial charge in [-0.1, -0.05) is 0 Å². The van der Waals surface area contributed by atoms with Gasteiger partial charge in [-0.25, -0.2) is 9.97 Å². The van der Waals surface area contributed by atoms with Crippen molar-refractivity contribution >= 4 is 17.1 Å². The molecule has 0 amide bonds. The molecule has 104 valence electrons. The van der Waals surface area contributed by atoms with Crippen molar-refractivity contribution in [3.8, 4) is 0 Å². The van der Waals surface area contributed by atoms with Crippen LogP contribution in [-0.4, -0.2) is 44.3 Å². The van der Waals surface area contributed by atoms with E-state index in [1.165, 1.54) is 0 Å². The molecule has 0 fully saturated rings. The quantitative estimate of drug-likeness (QED) is 0.587. The maximum Gasteiger partial charge on any atom is 0.222 e. The number of anilines is 1. The Morgan fingerprint density at radius 3 is 2.95 bits per heavy atom. The van der Waals surface area contributed by atoms with Crippen molar-refractivity contribution in [3.63, 3.8) is 0 Å². The summed E-state index contributed by atoms with van der Waals surface area (Å²) in [6.07, 6.45) is 6.41. The van der Waals surface area contributed by atoms with Crippen LogP contribution >= 0.6 is 0 Å². The van der Waals surface area contributed by atoms with Crippen LogP contribution in [0.25, 0.3) is 11.2 Å². The molecule has 0 saturated heterocycles. The van der Waals surface area contributed by atoms with Crippen molar-refractivity contribution in [2.24, 2.45) is 0 Å². The van der Waals surface area contributed by atoms with Gasteiger partial charge >= 0.3 is 0 Å². The molecule has 2 aromatic rings. The van der Waals surface area contributed by atoms with Crippen LogP contribution in [-0.2, 0) is 6.54 Å². The average molecular weight is 264 g/mol. The van der Waals surface area contributed by atoms with E-state index < -0.39 is 0 Å². The van der Waals surface area contributed by atoms with E-state index in [-0.39, 0.29) is 12.6 Å². The Labute approximate surface area is 111 Å². The number of unbranched alkanes of at least 4 members (excludes halogenated alkanes) is 2. The lowest BCUT2D eigenvalue weighted by Crippen LogP contribution is -2.21. The maximum absolute atomic E-state index is 8.66. The molecule has 0 radical (unpaired) electrons. The molecule has 7 heteroatoms. The van der Waals surface area contributed by atoms with Crippen LogP contribution in [0, 0.1) is 0 Å². The van der Waals surface area contributed by atoms with Crippen LogP contribution in [0.4, 0.5) is 5.95 Å². The zero-order valence-corrected chi connectivity index (χ0v) is 10.9. The number of aliphatic hydroxyl groups is 1. The highest BCUT2D eigenvalue weighted by atomic mass is 16.2. The Morgan fingerprint density at radius 1 is 1.21 bits per heavy atom.